The van der Waals surface area contributed by atoms with Crippen molar-refractivity contribution < 1.29 is 17.6 Å². The van der Waals surface area contributed by atoms with Crippen molar-refractivity contribution in [1.82, 2.24) is 0 Å². The SMILES string of the molecule is CC(=O)Nc1cc(NS(=O)(=O)c2ccc(Cl)s2)ccc1F. The molecule has 0 unspecified atom stereocenters. The molecule has 1 heterocycles. The van der Waals surface area contributed by atoms with E-state index in [2.05, 4.69) is 10.0 Å². The van der Waals surface area contributed by atoms with Crippen LogP contribution in [0.2, 0.25) is 4.34 Å². The number of sulfonamides is 1. The second kappa shape index (κ2) is 6.00. The summed E-state index contributed by atoms with van der Waals surface area (Å²) < 4.78 is 40.3. The lowest BCUT2D eigenvalue weighted by atomic mass is 10.2. The highest BCUT2D eigenvalue weighted by Crippen LogP contribution is 2.28. The zero-order valence-electron chi connectivity index (χ0n) is 10.7. The van der Waals surface area contributed by atoms with Crippen LogP contribution in [-0.4, -0.2) is 14.3 Å². The monoisotopic (exact) mass is 348 g/mol. The smallest absolute Gasteiger partial charge is 0.271 e. The van der Waals surface area contributed by atoms with Crippen molar-refractivity contribution >= 4 is 50.2 Å². The third kappa shape index (κ3) is 3.93. The van der Waals surface area contributed by atoms with E-state index in [0.29, 0.717) is 4.34 Å². The van der Waals surface area contributed by atoms with Gasteiger partial charge in [-0.3, -0.25) is 9.52 Å². The van der Waals surface area contributed by atoms with Crippen LogP contribution in [0, 0.1) is 5.82 Å². The molecule has 112 valence electrons. The Labute approximate surface area is 129 Å². The van der Waals surface area contributed by atoms with Crippen LogP contribution >= 0.6 is 22.9 Å². The summed E-state index contributed by atoms with van der Waals surface area (Å²) in [6, 6.07) is 6.35. The predicted molar refractivity (Wildman–Crippen MR) is 80.8 cm³/mol. The topological polar surface area (TPSA) is 75.3 Å². The molecule has 1 aromatic heterocycles. The van der Waals surface area contributed by atoms with Crippen LogP contribution < -0.4 is 10.0 Å². The van der Waals surface area contributed by atoms with Gasteiger partial charge in [0.05, 0.1) is 15.7 Å². The minimum atomic E-state index is -3.80. The van der Waals surface area contributed by atoms with Gasteiger partial charge in [0.1, 0.15) is 10.0 Å². The second-order valence-electron chi connectivity index (χ2n) is 4.04. The highest BCUT2D eigenvalue weighted by molar-refractivity contribution is 7.94. The third-order valence-electron chi connectivity index (χ3n) is 2.34. The Kier molecular flexibility index (Phi) is 4.50. The molecule has 1 amide bonds. The zero-order chi connectivity index (χ0) is 15.6. The maximum absolute atomic E-state index is 13.5. The molecule has 0 aliphatic carbocycles. The van der Waals surface area contributed by atoms with Gasteiger partial charge in [0.25, 0.3) is 10.0 Å². The molecule has 5 nitrogen and oxygen atoms in total. The van der Waals surface area contributed by atoms with E-state index in [1.807, 2.05) is 0 Å². The second-order valence-corrected chi connectivity index (χ2v) is 7.66. The van der Waals surface area contributed by atoms with E-state index in [4.69, 9.17) is 11.6 Å². The molecule has 0 radical (unpaired) electrons. The van der Waals surface area contributed by atoms with E-state index in [0.717, 1.165) is 17.4 Å². The summed E-state index contributed by atoms with van der Waals surface area (Å²) in [4.78, 5) is 11.0. The van der Waals surface area contributed by atoms with Crippen molar-refractivity contribution in [2.75, 3.05) is 10.0 Å². The van der Waals surface area contributed by atoms with Gasteiger partial charge >= 0.3 is 0 Å². The number of hydrogen-bond acceptors (Lipinski definition) is 4. The van der Waals surface area contributed by atoms with Crippen LogP contribution in [0.1, 0.15) is 6.92 Å². The molecule has 0 aliphatic rings. The third-order valence-corrected chi connectivity index (χ3v) is 5.45. The Morgan fingerprint density at radius 1 is 1.29 bits per heavy atom. The number of hydrogen-bond donors (Lipinski definition) is 2. The summed E-state index contributed by atoms with van der Waals surface area (Å²) in [5.74, 6) is -1.12. The maximum atomic E-state index is 13.5. The van der Waals surface area contributed by atoms with Gasteiger partial charge in [-0.1, -0.05) is 11.6 Å². The van der Waals surface area contributed by atoms with Gasteiger partial charge < -0.3 is 5.32 Å². The van der Waals surface area contributed by atoms with Gasteiger partial charge in [0.15, 0.2) is 0 Å². The molecule has 0 bridgehead atoms. The fraction of sp³-hybridized carbons (Fsp3) is 0.0833. The highest BCUT2D eigenvalue weighted by Gasteiger charge is 2.17. The molecule has 2 aromatic rings. The molecule has 0 saturated heterocycles. The molecular formula is C12H10ClFN2O3S2. The Morgan fingerprint density at radius 2 is 2.00 bits per heavy atom. The standard InChI is InChI=1S/C12H10ClFN2O3S2/c1-7(17)15-10-6-8(2-3-9(10)14)16-21(18,19)12-5-4-11(13)20-12/h2-6,16H,1H3,(H,15,17). The number of halogens is 2. The average Bonchev–Trinajstić information content (AvgIpc) is 2.80. The highest BCUT2D eigenvalue weighted by atomic mass is 35.5. The fourth-order valence-corrected chi connectivity index (χ4v) is 4.05. The zero-order valence-corrected chi connectivity index (χ0v) is 13.1. The van der Waals surface area contributed by atoms with E-state index in [1.165, 1.54) is 31.2 Å². The predicted octanol–water partition coefficient (Wildman–Crippen LogP) is 3.30. The molecule has 1 aromatic carbocycles. The van der Waals surface area contributed by atoms with Crippen LogP contribution in [0.15, 0.2) is 34.5 Å². The molecule has 2 N–H and O–H groups in total. The number of carbonyl (C=O) groups excluding carboxylic acids is 1. The fourth-order valence-electron chi connectivity index (χ4n) is 1.52. The lowest BCUT2D eigenvalue weighted by Crippen LogP contribution is -2.13. The van der Waals surface area contributed by atoms with Crippen LogP contribution in [-0.2, 0) is 14.8 Å². The number of rotatable bonds is 4. The summed E-state index contributed by atoms with van der Waals surface area (Å²) in [7, 11) is -3.80. The van der Waals surface area contributed by atoms with Gasteiger partial charge in [-0.05, 0) is 30.3 Å². The molecule has 0 fully saturated rings. The van der Waals surface area contributed by atoms with Crippen molar-refractivity contribution in [3.05, 3.63) is 40.5 Å². The van der Waals surface area contributed by atoms with Crippen LogP contribution in [0.5, 0.6) is 0 Å². The van der Waals surface area contributed by atoms with E-state index in [1.54, 1.807) is 0 Å². The van der Waals surface area contributed by atoms with Crippen molar-refractivity contribution in [2.24, 2.45) is 0 Å². The summed E-state index contributed by atoms with van der Waals surface area (Å²) in [6.07, 6.45) is 0. The largest absolute Gasteiger partial charge is 0.324 e. The lowest BCUT2D eigenvalue weighted by Gasteiger charge is -2.09. The van der Waals surface area contributed by atoms with Crippen molar-refractivity contribution in [3.63, 3.8) is 0 Å². The molecule has 0 atom stereocenters. The summed E-state index contributed by atoms with van der Waals surface area (Å²) >= 11 is 6.61. The first kappa shape index (κ1) is 15.7. The number of carbonyl (C=O) groups is 1. The molecular weight excluding hydrogens is 339 g/mol. The molecule has 0 spiro atoms. The van der Waals surface area contributed by atoms with Crippen molar-refractivity contribution in [2.45, 2.75) is 11.1 Å². The first-order valence-corrected chi connectivity index (χ1v) is 8.31. The minimum absolute atomic E-state index is 0.0397. The van der Waals surface area contributed by atoms with E-state index >= 15 is 0 Å². The Balaban J connectivity index is 2.29. The normalized spacial score (nSPS) is 11.2. The Bertz CT molecular complexity index is 790. The Hall–Kier alpha value is -1.64. The first-order valence-electron chi connectivity index (χ1n) is 5.63. The van der Waals surface area contributed by atoms with Crippen molar-refractivity contribution in [1.29, 1.82) is 0 Å². The molecule has 2 rings (SSSR count). The number of amides is 1. The summed E-state index contributed by atoms with van der Waals surface area (Å²) in [5.41, 5.74) is 0.0246. The first-order chi connectivity index (χ1) is 9.78. The maximum Gasteiger partial charge on any atom is 0.271 e. The minimum Gasteiger partial charge on any atom is -0.324 e. The van der Waals surface area contributed by atoms with Gasteiger partial charge in [-0.2, -0.15) is 0 Å². The van der Waals surface area contributed by atoms with Crippen molar-refractivity contribution in [3.8, 4) is 0 Å². The van der Waals surface area contributed by atoms with Gasteiger partial charge in [0.2, 0.25) is 5.91 Å². The van der Waals surface area contributed by atoms with Gasteiger partial charge in [-0.25, -0.2) is 12.8 Å². The summed E-state index contributed by atoms with van der Waals surface area (Å²) in [6.45, 7) is 1.23. The van der Waals surface area contributed by atoms with E-state index in [9.17, 15) is 17.6 Å². The van der Waals surface area contributed by atoms with E-state index in [-0.39, 0.29) is 15.6 Å². The molecule has 9 heteroatoms. The quantitative estimate of drug-likeness (QED) is 0.890. The molecule has 0 aliphatic heterocycles. The number of nitrogens with one attached hydrogen (secondary N) is 2. The number of benzene rings is 1. The number of anilines is 2. The molecule has 0 saturated carbocycles. The number of thiophene rings is 1. The van der Waals surface area contributed by atoms with Crippen LogP contribution in [0.4, 0.5) is 15.8 Å². The van der Waals surface area contributed by atoms with Crippen LogP contribution in [0.3, 0.4) is 0 Å². The molecule has 21 heavy (non-hydrogen) atoms. The van der Waals surface area contributed by atoms with Crippen LogP contribution in [0.25, 0.3) is 0 Å². The van der Waals surface area contributed by atoms with Gasteiger partial charge in [0, 0.05) is 6.92 Å². The summed E-state index contributed by atoms with van der Waals surface area (Å²) in [5, 5.41) is 2.28. The van der Waals surface area contributed by atoms with Gasteiger partial charge in [-0.15, -0.1) is 11.3 Å². The van der Waals surface area contributed by atoms with E-state index < -0.39 is 21.7 Å². The lowest BCUT2D eigenvalue weighted by molar-refractivity contribution is -0.114. The Morgan fingerprint density at radius 3 is 2.57 bits per heavy atom. The average molecular weight is 349 g/mol.